The Balaban J connectivity index is 1.28. The molecule has 9 heteroatoms. The summed E-state index contributed by atoms with van der Waals surface area (Å²) in [7, 11) is 0. The zero-order valence-electron chi connectivity index (χ0n) is 22.5. The SMILES string of the molecule is CCOc1cc(/C=C2\SC(=O)N(Cc3cccc4ccccc34)C2=O)ccc1OCC(=O)Nc1ccc(C)c(Cl)c1. The lowest BCUT2D eigenvalue weighted by atomic mass is 10.0. The van der Waals surface area contributed by atoms with Crippen molar-refractivity contribution < 1.29 is 23.9 Å². The average Bonchev–Trinajstić information content (AvgIpc) is 3.22. The first-order valence-corrected chi connectivity index (χ1v) is 14.2. The van der Waals surface area contributed by atoms with E-state index in [9.17, 15) is 14.4 Å². The van der Waals surface area contributed by atoms with E-state index in [1.165, 1.54) is 4.90 Å². The molecule has 0 unspecified atom stereocenters. The number of amides is 3. The van der Waals surface area contributed by atoms with Crippen molar-refractivity contribution in [2.45, 2.75) is 20.4 Å². The molecule has 4 aromatic rings. The fourth-order valence-corrected chi connectivity index (χ4v) is 5.42. The summed E-state index contributed by atoms with van der Waals surface area (Å²) in [4.78, 5) is 40.0. The molecule has 41 heavy (non-hydrogen) atoms. The summed E-state index contributed by atoms with van der Waals surface area (Å²) in [5.41, 5.74) is 3.05. The number of ether oxygens (including phenoxy) is 2. The van der Waals surface area contributed by atoms with Gasteiger partial charge >= 0.3 is 0 Å². The van der Waals surface area contributed by atoms with Gasteiger partial charge in [-0.1, -0.05) is 66.2 Å². The maximum Gasteiger partial charge on any atom is 0.293 e. The molecule has 0 radical (unpaired) electrons. The number of halogens is 1. The molecule has 0 spiro atoms. The van der Waals surface area contributed by atoms with Crippen molar-refractivity contribution in [2.24, 2.45) is 0 Å². The van der Waals surface area contributed by atoms with Crippen LogP contribution in [0.1, 0.15) is 23.6 Å². The topological polar surface area (TPSA) is 84.9 Å². The Morgan fingerprint density at radius 3 is 2.59 bits per heavy atom. The number of thioether (sulfide) groups is 1. The average molecular weight is 587 g/mol. The molecule has 1 N–H and O–H groups in total. The molecule has 1 aliphatic heterocycles. The molecule has 208 valence electrons. The highest BCUT2D eigenvalue weighted by molar-refractivity contribution is 8.18. The van der Waals surface area contributed by atoms with Gasteiger partial charge < -0.3 is 14.8 Å². The summed E-state index contributed by atoms with van der Waals surface area (Å²) in [5, 5.41) is 5.05. The van der Waals surface area contributed by atoms with Gasteiger partial charge in [-0.15, -0.1) is 0 Å². The van der Waals surface area contributed by atoms with Crippen LogP contribution in [-0.2, 0) is 16.1 Å². The molecule has 0 saturated carbocycles. The van der Waals surface area contributed by atoms with Crippen LogP contribution in [0.3, 0.4) is 0 Å². The number of aryl methyl sites for hydroxylation is 1. The minimum Gasteiger partial charge on any atom is -0.490 e. The number of anilines is 1. The van der Waals surface area contributed by atoms with Gasteiger partial charge in [0.2, 0.25) is 0 Å². The van der Waals surface area contributed by atoms with Crippen molar-refractivity contribution in [3.05, 3.63) is 105 Å². The van der Waals surface area contributed by atoms with Gasteiger partial charge in [0, 0.05) is 10.7 Å². The third kappa shape index (κ3) is 6.56. The number of nitrogens with zero attached hydrogens (tertiary/aromatic N) is 1. The molecule has 0 aromatic heterocycles. The number of imide groups is 1. The largest absolute Gasteiger partial charge is 0.490 e. The maximum absolute atomic E-state index is 13.2. The second-order valence-electron chi connectivity index (χ2n) is 9.35. The number of benzene rings is 4. The highest BCUT2D eigenvalue weighted by atomic mass is 35.5. The van der Waals surface area contributed by atoms with Gasteiger partial charge in [-0.05, 0) is 83.4 Å². The third-order valence-electron chi connectivity index (χ3n) is 6.46. The van der Waals surface area contributed by atoms with Crippen molar-refractivity contribution in [1.82, 2.24) is 4.90 Å². The van der Waals surface area contributed by atoms with Gasteiger partial charge in [-0.3, -0.25) is 19.3 Å². The molecule has 3 amide bonds. The summed E-state index contributed by atoms with van der Waals surface area (Å²) in [6, 6.07) is 24.1. The van der Waals surface area contributed by atoms with Crippen molar-refractivity contribution in [3.8, 4) is 11.5 Å². The first-order valence-electron chi connectivity index (χ1n) is 13.0. The van der Waals surface area contributed by atoms with Crippen LogP contribution in [-0.4, -0.2) is 35.2 Å². The molecular formula is C32H27ClN2O5S. The molecule has 7 nitrogen and oxygen atoms in total. The molecule has 1 heterocycles. The Morgan fingerprint density at radius 1 is 0.976 bits per heavy atom. The number of rotatable bonds is 9. The molecule has 0 aliphatic carbocycles. The molecular weight excluding hydrogens is 560 g/mol. The zero-order valence-corrected chi connectivity index (χ0v) is 24.1. The molecule has 1 fully saturated rings. The normalized spacial score (nSPS) is 14.1. The van der Waals surface area contributed by atoms with Gasteiger partial charge in [0.15, 0.2) is 18.1 Å². The number of hydrogen-bond donors (Lipinski definition) is 1. The van der Waals surface area contributed by atoms with E-state index in [-0.39, 0.29) is 30.2 Å². The molecule has 4 aromatic carbocycles. The van der Waals surface area contributed by atoms with Crippen LogP contribution in [0.5, 0.6) is 11.5 Å². The number of hydrogen-bond acceptors (Lipinski definition) is 6. The van der Waals surface area contributed by atoms with Crippen molar-refractivity contribution in [3.63, 3.8) is 0 Å². The molecule has 1 aliphatic rings. The van der Waals surface area contributed by atoms with Crippen LogP contribution in [0.15, 0.2) is 83.8 Å². The Labute approximate surface area is 247 Å². The third-order valence-corrected chi connectivity index (χ3v) is 7.78. The second kappa shape index (κ2) is 12.5. The Hall–Kier alpha value is -4.27. The fourth-order valence-electron chi connectivity index (χ4n) is 4.40. The molecule has 1 saturated heterocycles. The highest BCUT2D eigenvalue weighted by Crippen LogP contribution is 2.36. The molecule has 0 atom stereocenters. The van der Waals surface area contributed by atoms with E-state index in [1.807, 2.05) is 62.4 Å². The van der Waals surface area contributed by atoms with E-state index >= 15 is 0 Å². The van der Waals surface area contributed by atoms with Gasteiger partial charge in [-0.2, -0.15) is 0 Å². The van der Waals surface area contributed by atoms with E-state index in [0.29, 0.717) is 39.3 Å². The monoisotopic (exact) mass is 586 g/mol. The number of fused-ring (bicyclic) bond motifs is 1. The summed E-state index contributed by atoms with van der Waals surface area (Å²) >= 11 is 7.04. The zero-order chi connectivity index (χ0) is 28.9. The van der Waals surface area contributed by atoms with Crippen molar-refractivity contribution in [2.75, 3.05) is 18.5 Å². The van der Waals surface area contributed by atoms with E-state index in [2.05, 4.69) is 5.32 Å². The predicted octanol–water partition coefficient (Wildman–Crippen LogP) is 7.45. The number of carbonyl (C=O) groups is 3. The minimum atomic E-state index is -0.351. The van der Waals surface area contributed by atoms with Crippen LogP contribution in [0.4, 0.5) is 10.5 Å². The summed E-state index contributed by atoms with van der Waals surface area (Å²) in [6.07, 6.45) is 1.66. The lowest BCUT2D eigenvalue weighted by Gasteiger charge is -2.14. The van der Waals surface area contributed by atoms with Crippen molar-refractivity contribution >= 4 is 63.0 Å². The highest BCUT2D eigenvalue weighted by Gasteiger charge is 2.35. The smallest absolute Gasteiger partial charge is 0.293 e. The van der Waals surface area contributed by atoms with Crippen LogP contribution >= 0.6 is 23.4 Å². The summed E-state index contributed by atoms with van der Waals surface area (Å²) < 4.78 is 11.5. The second-order valence-corrected chi connectivity index (χ2v) is 10.7. The van der Waals surface area contributed by atoms with Crippen molar-refractivity contribution in [1.29, 1.82) is 0 Å². The quantitative estimate of drug-likeness (QED) is 0.205. The van der Waals surface area contributed by atoms with Crippen LogP contribution in [0.25, 0.3) is 16.8 Å². The van der Waals surface area contributed by atoms with E-state index in [4.69, 9.17) is 21.1 Å². The molecule has 0 bridgehead atoms. The van der Waals surface area contributed by atoms with Gasteiger partial charge in [-0.25, -0.2) is 0 Å². The fraction of sp³-hybridized carbons (Fsp3) is 0.156. The first-order chi connectivity index (χ1) is 19.8. The van der Waals surface area contributed by atoms with Gasteiger partial charge in [0.25, 0.3) is 17.1 Å². The van der Waals surface area contributed by atoms with Gasteiger partial charge in [0.05, 0.1) is 18.1 Å². The van der Waals surface area contributed by atoms with E-state index in [1.54, 1.807) is 36.4 Å². The standard InChI is InChI=1S/C32H27ClN2O5S/c1-3-39-28-15-21(12-14-27(28)40-19-30(36)34-24-13-11-20(2)26(33)17-24)16-29-31(37)35(32(38)41-29)18-23-9-6-8-22-7-4-5-10-25(22)23/h4-17H,3,18-19H2,1-2H3,(H,34,36)/b29-16-. The predicted molar refractivity (Wildman–Crippen MR) is 163 cm³/mol. The lowest BCUT2D eigenvalue weighted by molar-refractivity contribution is -0.123. The van der Waals surface area contributed by atoms with Crippen LogP contribution in [0, 0.1) is 6.92 Å². The Kier molecular flexibility index (Phi) is 8.61. The minimum absolute atomic E-state index is 0.192. The number of carbonyl (C=O) groups excluding carboxylic acids is 3. The maximum atomic E-state index is 13.2. The van der Waals surface area contributed by atoms with Crippen LogP contribution in [0.2, 0.25) is 5.02 Å². The molecule has 5 rings (SSSR count). The Morgan fingerprint density at radius 2 is 1.78 bits per heavy atom. The summed E-state index contributed by atoms with van der Waals surface area (Å²) in [5.74, 6) is 0.1000. The first kappa shape index (κ1) is 28.3. The lowest BCUT2D eigenvalue weighted by Crippen LogP contribution is -2.27. The number of nitrogens with one attached hydrogen (secondary N) is 1. The van der Waals surface area contributed by atoms with Crippen LogP contribution < -0.4 is 14.8 Å². The van der Waals surface area contributed by atoms with E-state index in [0.717, 1.165) is 33.7 Å². The van der Waals surface area contributed by atoms with E-state index < -0.39 is 0 Å². The van der Waals surface area contributed by atoms with Gasteiger partial charge in [0.1, 0.15) is 0 Å². The Bertz CT molecular complexity index is 1680. The summed E-state index contributed by atoms with van der Waals surface area (Å²) in [6.45, 7) is 4.04.